The van der Waals surface area contributed by atoms with E-state index in [0.717, 1.165) is 0 Å². The van der Waals surface area contributed by atoms with Gasteiger partial charge in [0.1, 0.15) is 0 Å². The molecule has 0 aliphatic carbocycles. The first kappa shape index (κ1) is 11.4. The van der Waals surface area contributed by atoms with Crippen molar-refractivity contribution in [2.45, 2.75) is 4.90 Å². The first-order chi connectivity index (χ1) is 6.00. The Morgan fingerprint density at radius 1 is 1.08 bits per heavy atom. The number of primary sulfonamides is 1. The van der Waals surface area contributed by atoms with Gasteiger partial charge < -0.3 is 5.73 Å². The Morgan fingerprint density at radius 3 is 1.77 bits per heavy atom. The zero-order chi connectivity index (χ0) is 10.5. The van der Waals surface area contributed by atoms with Gasteiger partial charge in [-0.15, -0.1) is 0 Å². The molecule has 70 valence electrons. The molecule has 0 saturated heterocycles. The molecular weight excluding hydrogens is 192 g/mol. The van der Waals surface area contributed by atoms with E-state index in [1.807, 2.05) is 0 Å². The number of nitrogens with zero attached hydrogens (tertiary/aromatic N) is 2. The van der Waals surface area contributed by atoms with Crippen molar-refractivity contribution in [1.82, 2.24) is 0 Å². The van der Waals surface area contributed by atoms with Crippen LogP contribution in [-0.2, 0) is 10.0 Å². The Hall–Kier alpha value is -1.65. The van der Waals surface area contributed by atoms with Crippen LogP contribution in [0.5, 0.6) is 0 Å². The average Bonchev–Trinajstić information content (AvgIpc) is 2.07. The van der Waals surface area contributed by atoms with Crippen LogP contribution in [0.15, 0.2) is 29.2 Å². The Morgan fingerprint density at radius 2 is 1.46 bits per heavy atom. The molecule has 0 amide bonds. The second-order valence-corrected chi connectivity index (χ2v) is 3.68. The number of anilines is 1. The minimum absolute atomic E-state index is 0.0756. The van der Waals surface area contributed by atoms with Gasteiger partial charge in [0.2, 0.25) is 10.0 Å². The van der Waals surface area contributed by atoms with Crippen LogP contribution in [0.3, 0.4) is 0 Å². The fraction of sp³-hybridized carbons (Fsp3) is 0. The van der Waals surface area contributed by atoms with Gasteiger partial charge in [-0.2, -0.15) is 0 Å². The molecule has 7 heteroatoms. The van der Waals surface area contributed by atoms with E-state index in [9.17, 15) is 8.42 Å². The predicted molar refractivity (Wildman–Crippen MR) is 45.7 cm³/mol. The molecule has 0 unspecified atom stereocenters. The number of sulfonamides is 1. The van der Waals surface area contributed by atoms with Gasteiger partial charge in [0.05, 0.1) is 4.90 Å². The predicted octanol–water partition coefficient (Wildman–Crippen LogP) is -0.0536. The number of nitrogens with two attached hydrogens (primary N) is 2. The standard InChI is InChI=1S/C6H8N2O2S.N2/c7-5-1-3-6(4-2-5)11(8,9)10;1-2/h1-4H,7H2,(H2,8,9,10);. The molecule has 0 aliphatic heterocycles. The lowest BCUT2D eigenvalue weighted by molar-refractivity contribution is 0.598. The Bertz CT molecular complexity index is 381. The van der Waals surface area contributed by atoms with Crippen LogP contribution >= 0.6 is 0 Å². The zero-order valence-corrected chi connectivity index (χ0v) is 7.40. The second kappa shape index (κ2) is 4.39. The Balaban J connectivity index is 0.000000671. The average molecular weight is 200 g/mol. The molecule has 0 saturated carbocycles. The maximum absolute atomic E-state index is 10.7. The van der Waals surface area contributed by atoms with Crippen LogP contribution in [-0.4, -0.2) is 8.42 Å². The van der Waals surface area contributed by atoms with Gasteiger partial charge >= 0.3 is 0 Å². The third kappa shape index (κ3) is 3.50. The van der Waals surface area contributed by atoms with Gasteiger partial charge in [0.25, 0.3) is 0 Å². The molecule has 1 aromatic carbocycles. The van der Waals surface area contributed by atoms with E-state index in [1.165, 1.54) is 24.3 Å². The number of hydrogen-bond acceptors (Lipinski definition) is 5. The van der Waals surface area contributed by atoms with Crippen LogP contribution in [0.1, 0.15) is 0 Å². The molecule has 0 bridgehead atoms. The summed E-state index contributed by atoms with van der Waals surface area (Å²) in [5.41, 5.74) is 5.85. The minimum Gasteiger partial charge on any atom is -0.399 e. The zero-order valence-electron chi connectivity index (χ0n) is 6.58. The van der Waals surface area contributed by atoms with E-state index < -0.39 is 10.0 Å². The maximum Gasteiger partial charge on any atom is 0.238 e. The first-order valence-corrected chi connectivity index (χ1v) is 4.63. The first-order valence-electron chi connectivity index (χ1n) is 3.08. The van der Waals surface area contributed by atoms with Crippen molar-refractivity contribution in [3.8, 4) is 0 Å². The summed E-state index contributed by atoms with van der Waals surface area (Å²) in [4.78, 5) is 0.0756. The van der Waals surface area contributed by atoms with Gasteiger partial charge in [-0.25, -0.2) is 13.6 Å². The second-order valence-electron chi connectivity index (χ2n) is 2.11. The summed E-state index contributed by atoms with van der Waals surface area (Å²) >= 11 is 0. The minimum atomic E-state index is -3.58. The Kier molecular flexibility index (Phi) is 3.84. The lowest BCUT2D eigenvalue weighted by atomic mass is 10.3. The molecule has 0 aliphatic rings. The molecule has 0 atom stereocenters. The molecule has 13 heavy (non-hydrogen) atoms. The quantitative estimate of drug-likeness (QED) is 0.484. The summed E-state index contributed by atoms with van der Waals surface area (Å²) in [6.45, 7) is 0. The largest absolute Gasteiger partial charge is 0.399 e. The highest BCUT2D eigenvalue weighted by atomic mass is 32.2. The SMILES string of the molecule is N#N.Nc1ccc(S(N)(=O)=O)cc1. The van der Waals surface area contributed by atoms with Gasteiger partial charge in [0, 0.05) is 16.5 Å². The molecule has 0 spiro atoms. The Labute approximate surface area is 75.6 Å². The fourth-order valence-electron chi connectivity index (χ4n) is 0.658. The normalized spacial score (nSPS) is 9.77. The van der Waals surface area contributed by atoms with Crippen LogP contribution in [0, 0.1) is 10.8 Å². The molecule has 0 aromatic heterocycles. The van der Waals surface area contributed by atoms with Crippen LogP contribution in [0.25, 0.3) is 0 Å². The third-order valence-corrected chi connectivity index (χ3v) is 2.14. The molecule has 6 nitrogen and oxygen atoms in total. The van der Waals surface area contributed by atoms with Crippen molar-refractivity contribution >= 4 is 15.7 Å². The van der Waals surface area contributed by atoms with Crippen LogP contribution in [0.2, 0.25) is 0 Å². The van der Waals surface area contributed by atoms with Crippen molar-refractivity contribution in [3.63, 3.8) is 0 Å². The monoisotopic (exact) mass is 200 g/mol. The lowest BCUT2D eigenvalue weighted by Gasteiger charge is -1.96. The van der Waals surface area contributed by atoms with Crippen molar-refractivity contribution in [2.75, 3.05) is 5.73 Å². The number of rotatable bonds is 1. The third-order valence-electron chi connectivity index (χ3n) is 1.21. The summed E-state index contributed by atoms with van der Waals surface area (Å²) < 4.78 is 21.4. The highest BCUT2D eigenvalue weighted by Crippen LogP contribution is 2.08. The van der Waals surface area contributed by atoms with Crippen molar-refractivity contribution in [1.29, 1.82) is 10.8 Å². The summed E-state index contributed by atoms with van der Waals surface area (Å²) in [6.07, 6.45) is 0. The topological polar surface area (TPSA) is 134 Å². The highest BCUT2D eigenvalue weighted by Gasteiger charge is 2.04. The summed E-state index contributed by atoms with van der Waals surface area (Å²) in [6, 6.07) is 5.70. The van der Waals surface area contributed by atoms with Crippen molar-refractivity contribution in [3.05, 3.63) is 24.3 Å². The van der Waals surface area contributed by atoms with Gasteiger partial charge in [-0.1, -0.05) is 0 Å². The number of hydrogen-bond donors (Lipinski definition) is 2. The maximum atomic E-state index is 10.7. The molecule has 4 N–H and O–H groups in total. The molecule has 0 heterocycles. The summed E-state index contributed by atoms with van der Waals surface area (Å²) in [5, 5.41) is 16.8. The summed E-state index contributed by atoms with van der Waals surface area (Å²) in [5.74, 6) is 0. The molecular formula is C6H8N4O2S. The van der Waals surface area contributed by atoms with Crippen LogP contribution < -0.4 is 10.9 Å². The van der Waals surface area contributed by atoms with E-state index in [2.05, 4.69) is 0 Å². The highest BCUT2D eigenvalue weighted by molar-refractivity contribution is 7.89. The fourth-order valence-corrected chi connectivity index (χ4v) is 1.17. The lowest BCUT2D eigenvalue weighted by Crippen LogP contribution is -2.11. The van der Waals surface area contributed by atoms with Gasteiger partial charge in [0.15, 0.2) is 0 Å². The number of benzene rings is 1. The van der Waals surface area contributed by atoms with E-state index in [1.54, 1.807) is 0 Å². The van der Waals surface area contributed by atoms with E-state index >= 15 is 0 Å². The summed E-state index contributed by atoms with van der Waals surface area (Å²) in [7, 11) is -3.58. The molecule has 1 rings (SSSR count). The molecule has 1 aromatic rings. The van der Waals surface area contributed by atoms with Crippen molar-refractivity contribution < 1.29 is 8.42 Å². The van der Waals surface area contributed by atoms with Gasteiger partial charge in [-0.05, 0) is 24.3 Å². The van der Waals surface area contributed by atoms with Crippen molar-refractivity contribution in [2.24, 2.45) is 5.14 Å². The van der Waals surface area contributed by atoms with E-state index in [-0.39, 0.29) is 4.90 Å². The van der Waals surface area contributed by atoms with E-state index in [0.29, 0.717) is 5.69 Å². The van der Waals surface area contributed by atoms with Gasteiger partial charge in [-0.3, -0.25) is 0 Å². The number of nitrogen functional groups attached to an aromatic ring is 1. The van der Waals surface area contributed by atoms with E-state index in [4.69, 9.17) is 21.7 Å². The van der Waals surface area contributed by atoms with Crippen LogP contribution in [0.4, 0.5) is 5.69 Å². The molecule has 0 radical (unpaired) electrons. The smallest absolute Gasteiger partial charge is 0.238 e. The molecule has 0 fully saturated rings.